The summed E-state index contributed by atoms with van der Waals surface area (Å²) in [5, 5.41) is 2.90. The van der Waals surface area contributed by atoms with E-state index in [1.807, 2.05) is 0 Å². The molecule has 15 heavy (non-hydrogen) atoms. The van der Waals surface area contributed by atoms with Gasteiger partial charge in [-0.25, -0.2) is 0 Å². The third kappa shape index (κ3) is 1.89. The Morgan fingerprint density at radius 2 is 2.00 bits per heavy atom. The predicted octanol–water partition coefficient (Wildman–Crippen LogP) is 2.03. The molecule has 1 fully saturated rings. The van der Waals surface area contributed by atoms with Crippen molar-refractivity contribution in [1.29, 1.82) is 0 Å². The first-order chi connectivity index (χ1) is 7.14. The number of aryl methyl sites for hydroxylation is 1. The minimum Gasteiger partial charge on any atom is -0.355 e. The summed E-state index contributed by atoms with van der Waals surface area (Å²) >= 11 is 0. The zero-order chi connectivity index (χ0) is 10.9. The summed E-state index contributed by atoms with van der Waals surface area (Å²) in [6.45, 7) is 5.06. The fourth-order valence-electron chi connectivity index (χ4n) is 2.12. The number of amides is 1. The number of rotatable bonds is 2. The van der Waals surface area contributed by atoms with Crippen molar-refractivity contribution >= 4 is 5.91 Å². The second-order valence-electron chi connectivity index (χ2n) is 4.56. The molecular weight excluding hydrogens is 186 g/mol. The number of nitrogens with one attached hydrogen (secondary N) is 1. The maximum atomic E-state index is 11.2. The van der Waals surface area contributed by atoms with Crippen molar-refractivity contribution in [2.75, 3.05) is 6.54 Å². The third-order valence-corrected chi connectivity index (χ3v) is 3.29. The van der Waals surface area contributed by atoms with Gasteiger partial charge in [0.15, 0.2) is 0 Å². The van der Waals surface area contributed by atoms with Crippen LogP contribution in [0.2, 0.25) is 0 Å². The fraction of sp³-hybridized carbons (Fsp3) is 0.462. The maximum Gasteiger partial charge on any atom is 0.220 e. The largest absolute Gasteiger partial charge is 0.355 e. The third-order valence-electron chi connectivity index (χ3n) is 3.29. The summed E-state index contributed by atoms with van der Waals surface area (Å²) in [7, 11) is 0. The molecule has 0 bridgehead atoms. The van der Waals surface area contributed by atoms with Crippen molar-refractivity contribution in [3.05, 3.63) is 35.4 Å². The molecule has 0 saturated carbocycles. The summed E-state index contributed by atoms with van der Waals surface area (Å²) in [6, 6.07) is 8.62. The Balaban J connectivity index is 2.25. The molecule has 2 nitrogen and oxygen atoms in total. The molecule has 1 aromatic carbocycles. The van der Waals surface area contributed by atoms with Gasteiger partial charge in [-0.05, 0) is 17.5 Å². The average Bonchev–Trinajstić information content (AvgIpc) is 2.60. The molecule has 1 unspecified atom stereocenters. The van der Waals surface area contributed by atoms with Gasteiger partial charge in [-0.15, -0.1) is 0 Å². The van der Waals surface area contributed by atoms with Crippen molar-refractivity contribution in [2.24, 2.45) is 0 Å². The van der Waals surface area contributed by atoms with Crippen LogP contribution in [0.1, 0.15) is 31.4 Å². The van der Waals surface area contributed by atoms with Crippen LogP contribution < -0.4 is 5.32 Å². The lowest BCUT2D eigenvalue weighted by Gasteiger charge is -2.22. The fourth-order valence-corrected chi connectivity index (χ4v) is 2.12. The van der Waals surface area contributed by atoms with Gasteiger partial charge in [0.2, 0.25) is 5.91 Å². The topological polar surface area (TPSA) is 29.1 Å². The highest BCUT2D eigenvalue weighted by Crippen LogP contribution is 2.30. The molecule has 1 heterocycles. The molecule has 1 aliphatic rings. The minimum atomic E-state index is -0.0106. The Morgan fingerprint density at radius 3 is 2.47 bits per heavy atom. The van der Waals surface area contributed by atoms with Crippen molar-refractivity contribution in [3.8, 4) is 0 Å². The number of hydrogen-bond acceptors (Lipinski definition) is 1. The first-order valence-corrected chi connectivity index (χ1v) is 5.50. The normalized spacial score (nSPS) is 25.3. The van der Waals surface area contributed by atoms with E-state index >= 15 is 0 Å². The van der Waals surface area contributed by atoms with E-state index in [-0.39, 0.29) is 11.3 Å². The van der Waals surface area contributed by atoms with Crippen LogP contribution in [0, 0.1) is 0 Å². The van der Waals surface area contributed by atoms with E-state index in [2.05, 4.69) is 43.4 Å². The molecule has 80 valence electrons. The summed E-state index contributed by atoms with van der Waals surface area (Å²) in [6.07, 6.45) is 1.67. The molecule has 0 radical (unpaired) electrons. The summed E-state index contributed by atoms with van der Waals surface area (Å²) in [4.78, 5) is 11.2. The lowest BCUT2D eigenvalue weighted by Crippen LogP contribution is -2.24. The van der Waals surface area contributed by atoms with Gasteiger partial charge in [0.25, 0.3) is 0 Å². The standard InChI is InChI=1S/C13H17NO/c1-3-10-4-6-11(7-5-10)13(2)8-12(15)14-9-13/h4-7H,3,8-9H2,1-2H3,(H,14,15). The smallest absolute Gasteiger partial charge is 0.220 e. The Morgan fingerprint density at radius 1 is 1.33 bits per heavy atom. The van der Waals surface area contributed by atoms with Crippen molar-refractivity contribution in [3.63, 3.8) is 0 Å². The molecule has 1 atom stereocenters. The molecule has 0 aromatic heterocycles. The van der Waals surface area contributed by atoms with Crippen LogP contribution in [0.3, 0.4) is 0 Å². The van der Waals surface area contributed by atoms with Crippen LogP contribution in [0.25, 0.3) is 0 Å². The first kappa shape index (κ1) is 10.2. The molecule has 0 aliphatic carbocycles. The van der Waals surface area contributed by atoms with Crippen LogP contribution in [-0.4, -0.2) is 12.5 Å². The maximum absolute atomic E-state index is 11.2. The number of carbonyl (C=O) groups excluding carboxylic acids is 1. The first-order valence-electron chi connectivity index (χ1n) is 5.50. The Labute approximate surface area is 90.7 Å². The number of benzene rings is 1. The second kappa shape index (κ2) is 3.69. The molecule has 0 spiro atoms. The van der Waals surface area contributed by atoms with Gasteiger partial charge in [-0.1, -0.05) is 38.1 Å². The van der Waals surface area contributed by atoms with Crippen molar-refractivity contribution < 1.29 is 4.79 Å². The highest BCUT2D eigenvalue weighted by atomic mass is 16.1. The van der Waals surface area contributed by atoms with Crippen molar-refractivity contribution in [1.82, 2.24) is 5.32 Å². The molecular formula is C13H17NO. The molecule has 1 amide bonds. The van der Waals surface area contributed by atoms with E-state index < -0.39 is 0 Å². The van der Waals surface area contributed by atoms with E-state index in [9.17, 15) is 4.79 Å². The number of hydrogen-bond donors (Lipinski definition) is 1. The molecule has 1 saturated heterocycles. The van der Waals surface area contributed by atoms with Crippen LogP contribution in [0.5, 0.6) is 0 Å². The average molecular weight is 203 g/mol. The van der Waals surface area contributed by atoms with Crippen LogP contribution in [-0.2, 0) is 16.6 Å². The Kier molecular flexibility index (Phi) is 2.51. The van der Waals surface area contributed by atoms with Crippen LogP contribution >= 0.6 is 0 Å². The van der Waals surface area contributed by atoms with Crippen LogP contribution in [0.4, 0.5) is 0 Å². The van der Waals surface area contributed by atoms with E-state index in [1.165, 1.54) is 11.1 Å². The summed E-state index contributed by atoms with van der Waals surface area (Å²) in [5.74, 6) is 0.164. The lowest BCUT2D eigenvalue weighted by molar-refractivity contribution is -0.119. The molecule has 1 aromatic rings. The second-order valence-corrected chi connectivity index (χ2v) is 4.56. The number of carbonyl (C=O) groups is 1. The van der Waals surface area contributed by atoms with E-state index in [0.29, 0.717) is 6.42 Å². The summed E-state index contributed by atoms with van der Waals surface area (Å²) < 4.78 is 0. The molecule has 1 aliphatic heterocycles. The van der Waals surface area contributed by atoms with E-state index in [4.69, 9.17) is 0 Å². The molecule has 1 N–H and O–H groups in total. The zero-order valence-corrected chi connectivity index (χ0v) is 9.34. The monoisotopic (exact) mass is 203 g/mol. The Bertz CT molecular complexity index is 369. The highest BCUT2D eigenvalue weighted by Gasteiger charge is 2.35. The van der Waals surface area contributed by atoms with Crippen LogP contribution in [0.15, 0.2) is 24.3 Å². The van der Waals surface area contributed by atoms with Gasteiger partial charge in [-0.2, -0.15) is 0 Å². The summed E-state index contributed by atoms with van der Waals surface area (Å²) in [5.41, 5.74) is 2.60. The Hall–Kier alpha value is -1.31. The van der Waals surface area contributed by atoms with Gasteiger partial charge >= 0.3 is 0 Å². The van der Waals surface area contributed by atoms with Gasteiger partial charge < -0.3 is 5.32 Å². The zero-order valence-electron chi connectivity index (χ0n) is 9.34. The quantitative estimate of drug-likeness (QED) is 0.783. The van der Waals surface area contributed by atoms with Crippen molar-refractivity contribution in [2.45, 2.75) is 32.1 Å². The predicted molar refractivity (Wildman–Crippen MR) is 60.8 cm³/mol. The molecule has 2 rings (SSSR count). The lowest BCUT2D eigenvalue weighted by atomic mass is 9.81. The van der Waals surface area contributed by atoms with Gasteiger partial charge in [0.1, 0.15) is 0 Å². The SMILES string of the molecule is CCc1ccc(C2(C)CNC(=O)C2)cc1. The van der Waals surface area contributed by atoms with Gasteiger partial charge in [0, 0.05) is 18.4 Å². The van der Waals surface area contributed by atoms with Gasteiger partial charge in [-0.3, -0.25) is 4.79 Å². The molecule has 2 heteroatoms. The van der Waals surface area contributed by atoms with Gasteiger partial charge in [0.05, 0.1) is 0 Å². The van der Waals surface area contributed by atoms with E-state index in [1.54, 1.807) is 0 Å². The highest BCUT2D eigenvalue weighted by molar-refractivity contribution is 5.80. The minimum absolute atomic E-state index is 0.0106. The van der Waals surface area contributed by atoms with E-state index in [0.717, 1.165) is 13.0 Å².